The zero-order valence-electron chi connectivity index (χ0n) is 12.6. The summed E-state index contributed by atoms with van der Waals surface area (Å²) in [6, 6.07) is 8.27. The Morgan fingerprint density at radius 2 is 1.91 bits per heavy atom. The van der Waals surface area contributed by atoms with Crippen molar-refractivity contribution in [1.82, 2.24) is 4.98 Å². The van der Waals surface area contributed by atoms with E-state index >= 15 is 0 Å². The van der Waals surface area contributed by atoms with Crippen LogP contribution in [-0.2, 0) is 0 Å². The van der Waals surface area contributed by atoms with Gasteiger partial charge in [-0.05, 0) is 42.6 Å². The second-order valence-corrected chi connectivity index (χ2v) is 5.84. The minimum Gasteiger partial charge on any atom is -0.497 e. The molecule has 0 aliphatic carbocycles. The number of carbonyl (C=O) groups excluding carboxylic acids is 1. The maximum atomic E-state index is 12.1. The Bertz CT molecular complexity index is 912. The number of ether oxygens (including phenoxy) is 1. The van der Waals surface area contributed by atoms with Gasteiger partial charge in [0, 0.05) is 16.8 Å². The van der Waals surface area contributed by atoms with Crippen molar-refractivity contribution in [2.45, 2.75) is 6.92 Å². The highest BCUT2D eigenvalue weighted by Gasteiger charge is 2.13. The minimum atomic E-state index is -0.475. The summed E-state index contributed by atoms with van der Waals surface area (Å²) in [4.78, 5) is 27.0. The standard InChI is InChI=1S/C16H15N3O3S/c1-9-14-12(7-8-23-14)13(15(20)17-9)19-16(21)18-10-3-5-11(22-2)6-4-10/h3-8H,1-2H3,(H,17,20)(H2,18,19,21). The summed E-state index contributed by atoms with van der Waals surface area (Å²) in [7, 11) is 1.57. The van der Waals surface area contributed by atoms with Crippen molar-refractivity contribution in [3.8, 4) is 5.75 Å². The third-order valence-corrected chi connectivity index (χ3v) is 4.42. The summed E-state index contributed by atoms with van der Waals surface area (Å²) in [6.45, 7) is 1.83. The lowest BCUT2D eigenvalue weighted by molar-refractivity contribution is 0.262. The molecule has 2 heterocycles. The van der Waals surface area contributed by atoms with E-state index in [4.69, 9.17) is 4.74 Å². The van der Waals surface area contributed by atoms with E-state index in [-0.39, 0.29) is 11.2 Å². The first kappa shape index (κ1) is 15.1. The molecule has 7 heteroatoms. The van der Waals surface area contributed by atoms with E-state index in [1.807, 2.05) is 18.4 Å². The van der Waals surface area contributed by atoms with Crippen molar-refractivity contribution in [2.75, 3.05) is 17.7 Å². The zero-order chi connectivity index (χ0) is 16.4. The summed E-state index contributed by atoms with van der Waals surface area (Å²) >= 11 is 1.52. The Hall–Kier alpha value is -2.80. The molecule has 0 atom stereocenters. The number of carbonyl (C=O) groups is 1. The highest BCUT2D eigenvalue weighted by molar-refractivity contribution is 7.17. The summed E-state index contributed by atoms with van der Waals surface area (Å²) in [6.07, 6.45) is 0. The maximum absolute atomic E-state index is 12.1. The van der Waals surface area contributed by atoms with Crippen LogP contribution in [0.1, 0.15) is 5.69 Å². The van der Waals surface area contributed by atoms with Crippen LogP contribution in [0.15, 0.2) is 40.5 Å². The second kappa shape index (κ2) is 6.13. The number of aryl methyl sites for hydroxylation is 1. The Labute approximate surface area is 136 Å². The monoisotopic (exact) mass is 329 g/mol. The highest BCUT2D eigenvalue weighted by Crippen LogP contribution is 2.27. The van der Waals surface area contributed by atoms with Crippen LogP contribution in [0.25, 0.3) is 10.1 Å². The number of amides is 2. The Morgan fingerprint density at radius 3 is 2.61 bits per heavy atom. The molecule has 2 aromatic heterocycles. The molecule has 3 N–H and O–H groups in total. The predicted molar refractivity (Wildman–Crippen MR) is 92.8 cm³/mol. The number of aromatic amines is 1. The molecular formula is C16H15N3O3S. The molecule has 0 saturated heterocycles. The molecule has 0 spiro atoms. The van der Waals surface area contributed by atoms with Gasteiger partial charge < -0.3 is 20.4 Å². The lowest BCUT2D eigenvalue weighted by Crippen LogP contribution is -2.24. The number of hydrogen-bond donors (Lipinski definition) is 3. The molecule has 3 aromatic rings. The summed E-state index contributed by atoms with van der Waals surface area (Å²) in [5.74, 6) is 0.700. The molecule has 0 unspecified atom stereocenters. The molecule has 0 fully saturated rings. The first-order valence-electron chi connectivity index (χ1n) is 6.90. The van der Waals surface area contributed by atoms with Crippen molar-refractivity contribution < 1.29 is 9.53 Å². The molecule has 118 valence electrons. The van der Waals surface area contributed by atoms with Crippen LogP contribution in [0.4, 0.5) is 16.2 Å². The quantitative estimate of drug-likeness (QED) is 0.687. The van der Waals surface area contributed by atoms with Gasteiger partial charge in [0.25, 0.3) is 5.56 Å². The lowest BCUT2D eigenvalue weighted by Gasteiger charge is -2.09. The van der Waals surface area contributed by atoms with Crippen LogP contribution in [0.2, 0.25) is 0 Å². The number of benzene rings is 1. The third-order valence-electron chi connectivity index (χ3n) is 3.39. The number of aromatic nitrogens is 1. The molecule has 0 saturated carbocycles. The highest BCUT2D eigenvalue weighted by atomic mass is 32.1. The van der Waals surface area contributed by atoms with Crippen molar-refractivity contribution in [2.24, 2.45) is 0 Å². The average molecular weight is 329 g/mol. The van der Waals surface area contributed by atoms with Crippen LogP contribution < -0.4 is 20.9 Å². The van der Waals surface area contributed by atoms with E-state index in [0.29, 0.717) is 11.4 Å². The van der Waals surface area contributed by atoms with Crippen LogP contribution >= 0.6 is 11.3 Å². The number of H-pyrrole nitrogens is 1. The smallest absolute Gasteiger partial charge is 0.323 e. The molecule has 2 amide bonds. The van der Waals surface area contributed by atoms with Crippen molar-refractivity contribution in [1.29, 1.82) is 0 Å². The fraction of sp³-hybridized carbons (Fsp3) is 0.125. The largest absolute Gasteiger partial charge is 0.497 e. The number of pyridine rings is 1. The fourth-order valence-electron chi connectivity index (χ4n) is 2.28. The van der Waals surface area contributed by atoms with E-state index in [1.54, 1.807) is 31.4 Å². The number of fused-ring (bicyclic) bond motifs is 1. The van der Waals surface area contributed by atoms with E-state index in [1.165, 1.54) is 11.3 Å². The molecule has 0 bridgehead atoms. The predicted octanol–water partition coefficient (Wildman–Crippen LogP) is 3.55. The topological polar surface area (TPSA) is 83.2 Å². The number of anilines is 2. The molecule has 6 nitrogen and oxygen atoms in total. The average Bonchev–Trinajstić information content (AvgIpc) is 3.02. The van der Waals surface area contributed by atoms with Crippen molar-refractivity contribution >= 4 is 38.8 Å². The van der Waals surface area contributed by atoms with Crippen molar-refractivity contribution in [3.05, 3.63) is 51.8 Å². The van der Waals surface area contributed by atoms with Crippen molar-refractivity contribution in [3.63, 3.8) is 0 Å². The van der Waals surface area contributed by atoms with Gasteiger partial charge in [0.05, 0.1) is 11.8 Å². The number of rotatable bonds is 3. The fourth-order valence-corrected chi connectivity index (χ4v) is 3.15. The SMILES string of the molecule is COc1ccc(NC(=O)Nc2c(=O)[nH]c(C)c3sccc23)cc1. The van der Waals surface area contributed by atoms with Gasteiger partial charge in [-0.25, -0.2) is 4.79 Å². The summed E-state index contributed by atoms with van der Waals surface area (Å²) in [5.41, 5.74) is 1.32. The normalized spacial score (nSPS) is 10.5. The third kappa shape index (κ3) is 3.04. The molecule has 23 heavy (non-hydrogen) atoms. The van der Waals surface area contributed by atoms with Gasteiger partial charge in [0.1, 0.15) is 11.4 Å². The Balaban J connectivity index is 1.82. The van der Waals surface area contributed by atoms with Crippen LogP contribution in [0.3, 0.4) is 0 Å². The number of methoxy groups -OCH3 is 1. The van der Waals surface area contributed by atoms with E-state index in [0.717, 1.165) is 15.8 Å². The van der Waals surface area contributed by atoms with Gasteiger partial charge in [0.15, 0.2) is 0 Å². The Morgan fingerprint density at radius 1 is 1.17 bits per heavy atom. The minimum absolute atomic E-state index is 0.248. The van der Waals surface area contributed by atoms with Crippen LogP contribution in [0, 0.1) is 6.92 Å². The summed E-state index contributed by atoms with van der Waals surface area (Å²) < 4.78 is 6.01. The molecule has 3 rings (SSSR count). The van der Waals surface area contributed by atoms with Gasteiger partial charge in [-0.2, -0.15) is 0 Å². The van der Waals surface area contributed by atoms with Gasteiger partial charge in [0.2, 0.25) is 0 Å². The van der Waals surface area contributed by atoms with E-state index in [9.17, 15) is 9.59 Å². The molecule has 1 aromatic carbocycles. The molecule has 0 aliphatic heterocycles. The van der Waals surface area contributed by atoms with Gasteiger partial charge >= 0.3 is 6.03 Å². The second-order valence-electron chi connectivity index (χ2n) is 4.93. The summed E-state index contributed by atoms with van der Waals surface area (Å²) in [5, 5.41) is 7.93. The molecular weight excluding hydrogens is 314 g/mol. The zero-order valence-corrected chi connectivity index (χ0v) is 13.4. The van der Waals surface area contributed by atoms with E-state index < -0.39 is 6.03 Å². The Kier molecular flexibility index (Phi) is 4.03. The number of hydrogen-bond acceptors (Lipinski definition) is 4. The van der Waals surface area contributed by atoms with Crippen LogP contribution in [-0.4, -0.2) is 18.1 Å². The molecule has 0 aliphatic rings. The van der Waals surface area contributed by atoms with Gasteiger partial charge in [-0.15, -0.1) is 11.3 Å². The molecule has 0 radical (unpaired) electrons. The number of urea groups is 1. The lowest BCUT2D eigenvalue weighted by atomic mass is 10.2. The first-order valence-corrected chi connectivity index (χ1v) is 7.78. The van der Waals surface area contributed by atoms with Crippen LogP contribution in [0.5, 0.6) is 5.75 Å². The van der Waals surface area contributed by atoms with E-state index in [2.05, 4.69) is 15.6 Å². The maximum Gasteiger partial charge on any atom is 0.323 e. The number of thiophene rings is 1. The first-order chi connectivity index (χ1) is 11.1. The van der Waals surface area contributed by atoms with Gasteiger partial charge in [-0.1, -0.05) is 0 Å². The number of nitrogens with one attached hydrogen (secondary N) is 3. The van der Waals surface area contributed by atoms with Gasteiger partial charge in [-0.3, -0.25) is 4.79 Å².